The normalized spacial score (nSPS) is 14.9. The van der Waals surface area contributed by atoms with Crippen molar-refractivity contribution in [2.75, 3.05) is 7.05 Å². The third kappa shape index (κ3) is 3.01. The third-order valence-electron chi connectivity index (χ3n) is 2.77. The SMILES string of the molecule is CC(C)C(S)C(=O)N(C)C(C)c1cccs1. The number of nitrogens with zero attached hydrogens (tertiary/aromatic N) is 1. The second-order valence-electron chi connectivity index (χ2n) is 4.33. The van der Waals surface area contributed by atoms with Gasteiger partial charge in [-0.25, -0.2) is 0 Å². The van der Waals surface area contributed by atoms with E-state index < -0.39 is 0 Å². The van der Waals surface area contributed by atoms with Crippen molar-refractivity contribution in [2.24, 2.45) is 5.92 Å². The van der Waals surface area contributed by atoms with Crippen molar-refractivity contribution in [3.8, 4) is 0 Å². The molecule has 2 atom stereocenters. The van der Waals surface area contributed by atoms with E-state index in [0.29, 0.717) is 0 Å². The maximum absolute atomic E-state index is 12.1. The number of thiol groups is 1. The van der Waals surface area contributed by atoms with Crippen molar-refractivity contribution in [1.29, 1.82) is 0 Å². The molecule has 0 saturated carbocycles. The molecular weight excluding hydrogens is 238 g/mol. The Kier molecular flexibility index (Phi) is 4.87. The van der Waals surface area contributed by atoms with Gasteiger partial charge in [-0.1, -0.05) is 19.9 Å². The van der Waals surface area contributed by atoms with Gasteiger partial charge in [0.05, 0.1) is 11.3 Å². The van der Waals surface area contributed by atoms with Crippen LogP contribution < -0.4 is 0 Å². The topological polar surface area (TPSA) is 20.3 Å². The lowest BCUT2D eigenvalue weighted by Crippen LogP contribution is -2.37. The Bertz CT molecular complexity index is 335. The van der Waals surface area contributed by atoms with Crippen LogP contribution in [0.5, 0.6) is 0 Å². The third-order valence-corrected chi connectivity index (χ3v) is 4.63. The van der Waals surface area contributed by atoms with Crippen LogP contribution in [0.4, 0.5) is 0 Å². The Hall–Kier alpha value is -0.480. The Morgan fingerprint density at radius 1 is 1.44 bits per heavy atom. The zero-order valence-corrected chi connectivity index (χ0v) is 11.9. The molecule has 2 nitrogen and oxygen atoms in total. The van der Waals surface area contributed by atoms with Crippen LogP contribution in [-0.4, -0.2) is 23.1 Å². The Morgan fingerprint density at radius 3 is 2.50 bits per heavy atom. The van der Waals surface area contributed by atoms with Gasteiger partial charge in [-0.15, -0.1) is 11.3 Å². The van der Waals surface area contributed by atoms with Crippen molar-refractivity contribution in [3.63, 3.8) is 0 Å². The van der Waals surface area contributed by atoms with E-state index in [9.17, 15) is 4.79 Å². The number of thiophene rings is 1. The summed E-state index contributed by atoms with van der Waals surface area (Å²) in [4.78, 5) is 15.1. The predicted octanol–water partition coefficient (Wildman–Crippen LogP) is 3.22. The fraction of sp³-hybridized carbons (Fsp3) is 0.583. The van der Waals surface area contributed by atoms with E-state index in [1.165, 1.54) is 4.88 Å². The van der Waals surface area contributed by atoms with Crippen molar-refractivity contribution in [2.45, 2.75) is 32.1 Å². The molecule has 0 aliphatic rings. The molecular formula is C12H19NOS2. The Morgan fingerprint density at radius 2 is 2.06 bits per heavy atom. The highest BCUT2D eigenvalue weighted by molar-refractivity contribution is 7.81. The lowest BCUT2D eigenvalue weighted by Gasteiger charge is -2.28. The van der Waals surface area contributed by atoms with Gasteiger partial charge < -0.3 is 4.90 Å². The summed E-state index contributed by atoms with van der Waals surface area (Å²) in [7, 11) is 1.85. The van der Waals surface area contributed by atoms with Gasteiger partial charge in [-0.3, -0.25) is 4.79 Å². The highest BCUT2D eigenvalue weighted by Gasteiger charge is 2.25. The first-order valence-corrected chi connectivity index (χ1v) is 6.83. The molecule has 4 heteroatoms. The summed E-state index contributed by atoms with van der Waals surface area (Å²) >= 11 is 6.04. The molecule has 0 aliphatic carbocycles. The molecule has 1 heterocycles. The lowest BCUT2D eigenvalue weighted by molar-refractivity contribution is -0.131. The zero-order chi connectivity index (χ0) is 12.3. The van der Waals surface area contributed by atoms with E-state index in [-0.39, 0.29) is 23.1 Å². The first-order valence-electron chi connectivity index (χ1n) is 5.43. The zero-order valence-electron chi connectivity index (χ0n) is 10.2. The number of rotatable bonds is 4. The first-order chi connectivity index (χ1) is 7.45. The van der Waals surface area contributed by atoms with Gasteiger partial charge in [0.1, 0.15) is 0 Å². The molecule has 90 valence electrons. The molecule has 0 saturated heterocycles. The molecule has 16 heavy (non-hydrogen) atoms. The molecule has 0 N–H and O–H groups in total. The molecule has 1 amide bonds. The van der Waals surface area contributed by atoms with Crippen LogP contribution in [0.15, 0.2) is 17.5 Å². The summed E-state index contributed by atoms with van der Waals surface area (Å²) in [6.45, 7) is 6.07. The minimum atomic E-state index is -0.215. The van der Waals surface area contributed by atoms with E-state index in [0.717, 1.165) is 0 Å². The van der Waals surface area contributed by atoms with Crippen molar-refractivity contribution < 1.29 is 4.79 Å². The summed E-state index contributed by atoms with van der Waals surface area (Å²) in [6.07, 6.45) is 0. The standard InChI is InChI=1S/C12H19NOS2/c1-8(2)11(15)12(14)13(4)9(3)10-6-5-7-16-10/h5-9,11,15H,1-4H3. The van der Waals surface area contributed by atoms with Gasteiger partial charge in [-0.2, -0.15) is 12.6 Å². The van der Waals surface area contributed by atoms with Crippen LogP contribution in [0, 0.1) is 5.92 Å². The molecule has 0 bridgehead atoms. The number of carbonyl (C=O) groups is 1. The molecule has 0 aromatic carbocycles. The molecule has 1 aromatic heterocycles. The number of hydrogen-bond donors (Lipinski definition) is 1. The number of carbonyl (C=O) groups excluding carboxylic acids is 1. The minimum Gasteiger partial charge on any atom is -0.337 e. The van der Waals surface area contributed by atoms with Crippen LogP contribution in [-0.2, 0) is 4.79 Å². The maximum atomic E-state index is 12.1. The minimum absolute atomic E-state index is 0.0965. The van der Waals surface area contributed by atoms with Gasteiger partial charge in [0.15, 0.2) is 0 Å². The molecule has 1 aromatic rings. The van der Waals surface area contributed by atoms with E-state index in [2.05, 4.69) is 18.7 Å². The molecule has 1 rings (SSSR count). The van der Waals surface area contributed by atoms with Crippen molar-refractivity contribution >= 4 is 29.9 Å². The monoisotopic (exact) mass is 257 g/mol. The summed E-state index contributed by atoms with van der Waals surface area (Å²) in [5.41, 5.74) is 0. The summed E-state index contributed by atoms with van der Waals surface area (Å²) in [6, 6.07) is 4.19. The highest BCUT2D eigenvalue weighted by atomic mass is 32.1. The van der Waals surface area contributed by atoms with Crippen molar-refractivity contribution in [1.82, 2.24) is 4.90 Å². The highest BCUT2D eigenvalue weighted by Crippen LogP contribution is 2.25. The second kappa shape index (κ2) is 5.73. The second-order valence-corrected chi connectivity index (χ2v) is 5.87. The van der Waals surface area contributed by atoms with Crippen LogP contribution in [0.3, 0.4) is 0 Å². The summed E-state index contributed by atoms with van der Waals surface area (Å²) < 4.78 is 0. The summed E-state index contributed by atoms with van der Waals surface area (Å²) in [5, 5.41) is 1.82. The van der Waals surface area contributed by atoms with Crippen LogP contribution in [0.2, 0.25) is 0 Å². The van der Waals surface area contributed by atoms with E-state index >= 15 is 0 Å². The van der Waals surface area contributed by atoms with Crippen molar-refractivity contribution in [3.05, 3.63) is 22.4 Å². The van der Waals surface area contributed by atoms with E-state index in [1.807, 2.05) is 39.3 Å². The molecule has 0 aliphatic heterocycles. The quantitative estimate of drug-likeness (QED) is 0.821. The van der Waals surface area contributed by atoms with Gasteiger partial charge in [0.25, 0.3) is 0 Å². The fourth-order valence-corrected chi connectivity index (χ4v) is 2.41. The molecule has 2 unspecified atom stereocenters. The van der Waals surface area contributed by atoms with E-state index in [1.54, 1.807) is 16.2 Å². The first kappa shape index (κ1) is 13.6. The van der Waals surface area contributed by atoms with Crippen LogP contribution >= 0.6 is 24.0 Å². The Labute approximate surface area is 107 Å². The van der Waals surface area contributed by atoms with Gasteiger partial charge >= 0.3 is 0 Å². The molecule has 0 fully saturated rings. The molecule has 0 spiro atoms. The maximum Gasteiger partial charge on any atom is 0.235 e. The summed E-state index contributed by atoms with van der Waals surface area (Å²) in [5.74, 6) is 0.355. The van der Waals surface area contributed by atoms with Gasteiger partial charge in [0, 0.05) is 11.9 Å². The molecule has 0 radical (unpaired) electrons. The number of amides is 1. The smallest absolute Gasteiger partial charge is 0.235 e. The number of hydrogen-bond acceptors (Lipinski definition) is 3. The average Bonchev–Trinajstić information content (AvgIpc) is 2.78. The van der Waals surface area contributed by atoms with E-state index in [4.69, 9.17) is 0 Å². The Balaban J connectivity index is 2.71. The van der Waals surface area contributed by atoms with Crippen LogP contribution in [0.25, 0.3) is 0 Å². The average molecular weight is 257 g/mol. The fourth-order valence-electron chi connectivity index (χ4n) is 1.40. The largest absolute Gasteiger partial charge is 0.337 e. The van der Waals surface area contributed by atoms with Gasteiger partial charge in [-0.05, 0) is 24.3 Å². The van der Waals surface area contributed by atoms with Crippen LogP contribution in [0.1, 0.15) is 31.7 Å². The lowest BCUT2D eigenvalue weighted by atomic mass is 10.1. The van der Waals surface area contributed by atoms with Gasteiger partial charge in [0.2, 0.25) is 5.91 Å². The predicted molar refractivity (Wildman–Crippen MR) is 73.1 cm³/mol.